The molecule has 1 aliphatic heterocycles. The molecule has 0 spiro atoms. The maximum Gasteiger partial charge on any atom is 0.348 e. The number of carbonyl (C=O) groups excluding carboxylic acids is 1. The summed E-state index contributed by atoms with van der Waals surface area (Å²) in [5, 5.41) is 10.2. The number of anilines is 2. The SMILES string of the molecule is CCCc1cc(N2CCCN(C(C)=O)CC2)nc2sc(C(=O)O)c(N)c12. The van der Waals surface area contributed by atoms with Crippen molar-refractivity contribution in [2.24, 2.45) is 0 Å². The fourth-order valence-corrected chi connectivity index (χ4v) is 4.41. The molecule has 1 saturated heterocycles. The quantitative estimate of drug-likeness (QED) is 0.851. The zero-order chi connectivity index (χ0) is 18.8. The molecule has 140 valence electrons. The van der Waals surface area contributed by atoms with Crippen molar-refractivity contribution in [1.29, 1.82) is 0 Å². The predicted molar refractivity (Wildman–Crippen MR) is 104 cm³/mol. The summed E-state index contributed by atoms with van der Waals surface area (Å²) in [6.45, 7) is 6.65. The van der Waals surface area contributed by atoms with E-state index in [9.17, 15) is 14.7 Å². The third-order valence-corrected chi connectivity index (χ3v) is 5.83. The summed E-state index contributed by atoms with van der Waals surface area (Å²) in [6, 6.07) is 2.03. The summed E-state index contributed by atoms with van der Waals surface area (Å²) in [6.07, 6.45) is 2.64. The second-order valence-corrected chi connectivity index (χ2v) is 7.57. The van der Waals surface area contributed by atoms with Crippen LogP contribution in [0.3, 0.4) is 0 Å². The van der Waals surface area contributed by atoms with Crippen LogP contribution < -0.4 is 10.6 Å². The standard InChI is InChI=1S/C18H24N4O3S/c1-3-5-12-10-13(22-7-4-6-21(8-9-22)11(2)23)20-17-14(12)15(19)16(26-17)18(24)25/h10H,3-9,19H2,1-2H3,(H,24,25). The molecule has 1 fully saturated rings. The third kappa shape index (κ3) is 3.46. The van der Waals surface area contributed by atoms with Crippen molar-refractivity contribution in [3.63, 3.8) is 0 Å². The van der Waals surface area contributed by atoms with E-state index in [0.29, 0.717) is 17.1 Å². The number of thiophene rings is 1. The number of amides is 1. The van der Waals surface area contributed by atoms with Crippen molar-refractivity contribution in [2.75, 3.05) is 36.8 Å². The minimum absolute atomic E-state index is 0.0964. The Morgan fingerprint density at radius 1 is 1.31 bits per heavy atom. The molecule has 1 amide bonds. The van der Waals surface area contributed by atoms with Crippen LogP contribution in [0.4, 0.5) is 11.5 Å². The lowest BCUT2D eigenvalue weighted by molar-refractivity contribution is -0.128. The van der Waals surface area contributed by atoms with Gasteiger partial charge >= 0.3 is 5.97 Å². The molecule has 7 nitrogen and oxygen atoms in total. The van der Waals surface area contributed by atoms with Crippen LogP contribution in [0.2, 0.25) is 0 Å². The van der Waals surface area contributed by atoms with Crippen LogP contribution in [-0.4, -0.2) is 53.0 Å². The summed E-state index contributed by atoms with van der Waals surface area (Å²) in [7, 11) is 0. The summed E-state index contributed by atoms with van der Waals surface area (Å²) in [4.78, 5) is 32.7. The summed E-state index contributed by atoms with van der Waals surface area (Å²) in [5.41, 5.74) is 7.47. The van der Waals surface area contributed by atoms with E-state index < -0.39 is 5.97 Å². The lowest BCUT2D eigenvalue weighted by Gasteiger charge is -2.23. The first kappa shape index (κ1) is 18.4. The van der Waals surface area contributed by atoms with Gasteiger partial charge in [0.2, 0.25) is 5.91 Å². The van der Waals surface area contributed by atoms with Crippen LogP contribution in [0, 0.1) is 0 Å². The normalized spacial score (nSPS) is 15.3. The summed E-state index contributed by atoms with van der Waals surface area (Å²) < 4.78 is 0. The van der Waals surface area contributed by atoms with E-state index in [2.05, 4.69) is 11.8 Å². The fraction of sp³-hybridized carbons (Fsp3) is 0.500. The number of hydrogen-bond acceptors (Lipinski definition) is 6. The zero-order valence-electron chi connectivity index (χ0n) is 15.1. The number of rotatable bonds is 4. The maximum atomic E-state index is 11.6. The molecule has 3 rings (SSSR count). The van der Waals surface area contributed by atoms with Crippen LogP contribution in [-0.2, 0) is 11.2 Å². The van der Waals surface area contributed by atoms with E-state index >= 15 is 0 Å². The van der Waals surface area contributed by atoms with Crippen LogP contribution in [0.15, 0.2) is 6.07 Å². The molecule has 8 heteroatoms. The minimum Gasteiger partial charge on any atom is -0.477 e. The van der Waals surface area contributed by atoms with Gasteiger partial charge in [-0.2, -0.15) is 0 Å². The highest BCUT2D eigenvalue weighted by Gasteiger charge is 2.22. The van der Waals surface area contributed by atoms with Gasteiger partial charge in [0.15, 0.2) is 0 Å². The number of nitrogen functional groups attached to an aromatic ring is 1. The van der Waals surface area contributed by atoms with E-state index in [1.807, 2.05) is 11.0 Å². The average molecular weight is 376 g/mol. The Morgan fingerprint density at radius 3 is 2.73 bits per heavy atom. The number of aromatic carboxylic acids is 1. The molecule has 0 aromatic carbocycles. The Morgan fingerprint density at radius 2 is 2.08 bits per heavy atom. The number of nitrogens with zero attached hydrogens (tertiary/aromatic N) is 3. The van der Waals surface area contributed by atoms with Gasteiger partial charge in [0.25, 0.3) is 0 Å². The number of aromatic nitrogens is 1. The van der Waals surface area contributed by atoms with Crippen molar-refractivity contribution < 1.29 is 14.7 Å². The van der Waals surface area contributed by atoms with Gasteiger partial charge in [0, 0.05) is 38.5 Å². The monoisotopic (exact) mass is 376 g/mol. The van der Waals surface area contributed by atoms with Gasteiger partial charge in [-0.25, -0.2) is 9.78 Å². The highest BCUT2D eigenvalue weighted by atomic mass is 32.1. The Balaban J connectivity index is 2.01. The molecule has 0 atom stereocenters. The van der Waals surface area contributed by atoms with Crippen LogP contribution in [0.1, 0.15) is 41.9 Å². The number of hydrogen-bond donors (Lipinski definition) is 2. The molecule has 3 N–H and O–H groups in total. The predicted octanol–water partition coefficient (Wildman–Crippen LogP) is 2.59. The second-order valence-electron chi connectivity index (χ2n) is 6.57. The maximum absolute atomic E-state index is 11.6. The first-order valence-corrected chi connectivity index (χ1v) is 9.69. The molecule has 0 unspecified atom stereocenters. The molecule has 3 heterocycles. The van der Waals surface area contributed by atoms with Crippen LogP contribution in [0.25, 0.3) is 10.2 Å². The summed E-state index contributed by atoms with van der Waals surface area (Å²) in [5.74, 6) is -0.0787. The van der Waals surface area contributed by atoms with Crippen molar-refractivity contribution in [3.05, 3.63) is 16.5 Å². The molecule has 2 aromatic heterocycles. The Kier molecular flexibility index (Phi) is 5.31. The molecule has 0 radical (unpaired) electrons. The van der Waals surface area contributed by atoms with Gasteiger partial charge in [-0.1, -0.05) is 13.3 Å². The van der Waals surface area contributed by atoms with E-state index in [-0.39, 0.29) is 10.8 Å². The van der Waals surface area contributed by atoms with Crippen LogP contribution >= 0.6 is 11.3 Å². The Labute approximate surface area is 156 Å². The minimum atomic E-state index is -1.01. The highest BCUT2D eigenvalue weighted by molar-refractivity contribution is 7.21. The molecule has 1 aliphatic rings. The highest BCUT2D eigenvalue weighted by Crippen LogP contribution is 2.37. The number of carboxylic acids is 1. The topological polar surface area (TPSA) is 99.8 Å². The number of pyridine rings is 1. The summed E-state index contributed by atoms with van der Waals surface area (Å²) >= 11 is 1.13. The number of carbonyl (C=O) groups is 2. The third-order valence-electron chi connectivity index (χ3n) is 4.75. The second kappa shape index (κ2) is 7.49. The van der Waals surface area contributed by atoms with Crippen LogP contribution in [0.5, 0.6) is 0 Å². The molecule has 0 saturated carbocycles. The van der Waals surface area contributed by atoms with Crippen molar-refractivity contribution in [2.45, 2.75) is 33.1 Å². The van der Waals surface area contributed by atoms with Crippen molar-refractivity contribution in [1.82, 2.24) is 9.88 Å². The first-order valence-electron chi connectivity index (χ1n) is 8.88. The van der Waals surface area contributed by atoms with E-state index in [4.69, 9.17) is 10.7 Å². The number of aryl methyl sites for hydroxylation is 1. The largest absolute Gasteiger partial charge is 0.477 e. The molecule has 0 bridgehead atoms. The molecule has 0 aliphatic carbocycles. The van der Waals surface area contributed by atoms with Crippen molar-refractivity contribution in [3.8, 4) is 0 Å². The first-order chi connectivity index (χ1) is 12.4. The van der Waals surface area contributed by atoms with E-state index in [1.54, 1.807) is 6.92 Å². The average Bonchev–Trinajstić information content (AvgIpc) is 2.78. The van der Waals surface area contributed by atoms with Gasteiger partial charge in [0.1, 0.15) is 15.5 Å². The van der Waals surface area contributed by atoms with Gasteiger partial charge in [-0.3, -0.25) is 4.79 Å². The molecule has 2 aromatic rings. The van der Waals surface area contributed by atoms with Gasteiger partial charge in [-0.05, 0) is 24.5 Å². The fourth-order valence-electron chi connectivity index (χ4n) is 3.43. The zero-order valence-corrected chi connectivity index (χ0v) is 15.9. The Bertz CT molecular complexity index is 849. The Hall–Kier alpha value is -2.35. The number of nitrogens with two attached hydrogens (primary N) is 1. The number of carboxylic acid groups (broad SMARTS) is 1. The molecule has 26 heavy (non-hydrogen) atoms. The van der Waals surface area contributed by atoms with Gasteiger partial charge in [0.05, 0.1) is 5.69 Å². The smallest absolute Gasteiger partial charge is 0.348 e. The van der Waals surface area contributed by atoms with E-state index in [1.165, 1.54) is 0 Å². The lowest BCUT2D eigenvalue weighted by atomic mass is 10.1. The van der Waals surface area contributed by atoms with Crippen molar-refractivity contribution >= 4 is 44.9 Å². The van der Waals surface area contributed by atoms with Gasteiger partial charge in [-0.15, -0.1) is 11.3 Å². The van der Waals surface area contributed by atoms with E-state index in [0.717, 1.165) is 67.0 Å². The lowest BCUT2D eigenvalue weighted by Crippen LogP contribution is -2.33. The molecular weight excluding hydrogens is 352 g/mol. The van der Waals surface area contributed by atoms with Gasteiger partial charge < -0.3 is 20.6 Å². The number of fused-ring (bicyclic) bond motifs is 1. The molecular formula is C18H24N4O3S.